The fourth-order valence-electron chi connectivity index (χ4n) is 2.85. The van der Waals surface area contributed by atoms with E-state index in [1.165, 1.54) is 23.2 Å². The molecule has 2 aromatic carbocycles. The molecule has 0 saturated carbocycles. The van der Waals surface area contributed by atoms with Gasteiger partial charge in [0, 0.05) is 31.8 Å². The van der Waals surface area contributed by atoms with Gasteiger partial charge in [-0.15, -0.1) is 0 Å². The molecule has 0 spiro atoms. The second-order valence-electron chi connectivity index (χ2n) is 5.93. The number of benzene rings is 2. The summed E-state index contributed by atoms with van der Waals surface area (Å²) < 4.78 is 7.82. The smallest absolute Gasteiger partial charge is 0.316 e. The van der Waals surface area contributed by atoms with Crippen molar-refractivity contribution in [1.29, 1.82) is 0 Å². The first-order valence-electron chi connectivity index (χ1n) is 8.04. The van der Waals surface area contributed by atoms with Crippen molar-refractivity contribution in [1.82, 2.24) is 14.5 Å². The Balaban J connectivity index is 1.92. The molecule has 1 amide bonds. The summed E-state index contributed by atoms with van der Waals surface area (Å²) in [5.74, 6) is 0.419. The maximum Gasteiger partial charge on any atom is 0.316 e. The monoisotopic (exact) mass is 353 g/mol. The van der Waals surface area contributed by atoms with E-state index in [9.17, 15) is 14.4 Å². The van der Waals surface area contributed by atoms with Gasteiger partial charge in [0.05, 0.1) is 18.1 Å². The normalized spacial score (nSPS) is 10.7. The van der Waals surface area contributed by atoms with Crippen LogP contribution in [0.5, 0.6) is 5.75 Å². The summed E-state index contributed by atoms with van der Waals surface area (Å²) in [7, 11) is 4.63. The van der Waals surface area contributed by atoms with Crippen molar-refractivity contribution in [2.75, 3.05) is 7.11 Å². The van der Waals surface area contributed by atoms with Gasteiger partial charge in [-0.2, -0.15) is 0 Å². The first-order chi connectivity index (χ1) is 12.4. The van der Waals surface area contributed by atoms with Crippen molar-refractivity contribution in [3.8, 4) is 5.75 Å². The third-order valence-corrected chi connectivity index (χ3v) is 4.38. The molecule has 1 heterocycles. The molecule has 26 heavy (non-hydrogen) atoms. The molecular formula is C19H19N3O4. The minimum Gasteiger partial charge on any atom is -0.496 e. The number of para-hydroxylation sites is 1. The van der Waals surface area contributed by atoms with Crippen LogP contribution in [-0.4, -0.2) is 22.2 Å². The lowest BCUT2D eigenvalue weighted by Crippen LogP contribution is -2.39. The Labute approximate surface area is 149 Å². The molecule has 1 aromatic heterocycles. The molecule has 0 fully saturated rings. The number of aryl methyl sites for hydroxylation is 2. The highest BCUT2D eigenvalue weighted by molar-refractivity contribution is 5.97. The van der Waals surface area contributed by atoms with Crippen molar-refractivity contribution in [3.05, 3.63) is 74.3 Å². The van der Waals surface area contributed by atoms with Crippen molar-refractivity contribution in [3.63, 3.8) is 0 Å². The molecule has 1 N–H and O–H groups in total. The zero-order chi connectivity index (χ0) is 18.8. The van der Waals surface area contributed by atoms with Crippen LogP contribution in [0.3, 0.4) is 0 Å². The second kappa shape index (κ2) is 6.87. The molecule has 3 rings (SSSR count). The molecule has 0 bridgehead atoms. The van der Waals surface area contributed by atoms with Crippen LogP contribution >= 0.6 is 0 Å². The summed E-state index contributed by atoms with van der Waals surface area (Å²) >= 11 is 0. The third kappa shape index (κ3) is 2.99. The zero-order valence-electron chi connectivity index (χ0n) is 14.8. The Kier molecular flexibility index (Phi) is 4.62. The van der Waals surface area contributed by atoms with Crippen molar-refractivity contribution in [2.24, 2.45) is 14.1 Å². The minimum atomic E-state index is -0.633. The predicted molar refractivity (Wildman–Crippen MR) is 98.6 cm³/mol. The van der Waals surface area contributed by atoms with Crippen LogP contribution in [0.15, 0.2) is 52.1 Å². The molecular weight excluding hydrogens is 334 g/mol. The Morgan fingerprint density at radius 3 is 2.35 bits per heavy atom. The van der Waals surface area contributed by atoms with Crippen molar-refractivity contribution < 1.29 is 9.53 Å². The highest BCUT2D eigenvalue weighted by atomic mass is 16.5. The number of carbonyl (C=O) groups excluding carboxylic acids is 1. The summed E-state index contributed by atoms with van der Waals surface area (Å²) in [6.07, 6.45) is 0. The van der Waals surface area contributed by atoms with E-state index in [0.717, 1.165) is 5.56 Å². The van der Waals surface area contributed by atoms with Gasteiger partial charge in [0.25, 0.3) is 5.91 Å². The van der Waals surface area contributed by atoms with Crippen LogP contribution in [0.2, 0.25) is 0 Å². The van der Waals surface area contributed by atoms with Gasteiger partial charge in [-0.25, -0.2) is 0 Å². The van der Waals surface area contributed by atoms with E-state index in [0.29, 0.717) is 28.9 Å². The number of ether oxygens (including phenoxy) is 1. The molecule has 0 aliphatic carbocycles. The van der Waals surface area contributed by atoms with Crippen molar-refractivity contribution in [2.45, 2.75) is 6.54 Å². The number of aromatic nitrogens is 2. The molecule has 0 radical (unpaired) electrons. The molecule has 7 nitrogen and oxygen atoms in total. The number of rotatable bonds is 4. The molecule has 3 aromatic rings. The molecule has 0 saturated heterocycles. The van der Waals surface area contributed by atoms with Gasteiger partial charge in [0.15, 0.2) is 0 Å². The fourth-order valence-corrected chi connectivity index (χ4v) is 2.85. The van der Waals surface area contributed by atoms with E-state index in [1.807, 2.05) is 24.3 Å². The van der Waals surface area contributed by atoms with Crippen LogP contribution in [0.25, 0.3) is 11.0 Å². The Hall–Kier alpha value is -3.35. The van der Waals surface area contributed by atoms with E-state index >= 15 is 0 Å². The number of amides is 1. The van der Waals surface area contributed by atoms with Gasteiger partial charge in [-0.3, -0.25) is 14.4 Å². The first kappa shape index (κ1) is 17.5. The lowest BCUT2D eigenvalue weighted by molar-refractivity contribution is 0.0951. The maximum atomic E-state index is 12.5. The standard InChI is InChI=1S/C19H19N3O4/c1-21-14-9-8-12(10-15(14)22(2)19(25)18(21)24)17(23)20-11-13-6-4-5-7-16(13)26-3/h4-10H,11H2,1-3H3,(H,20,23). The molecule has 7 heteroatoms. The van der Waals surface area contributed by atoms with Gasteiger partial charge in [-0.05, 0) is 24.3 Å². The average Bonchev–Trinajstić information content (AvgIpc) is 2.68. The van der Waals surface area contributed by atoms with E-state index in [1.54, 1.807) is 25.3 Å². The number of nitrogens with one attached hydrogen (secondary N) is 1. The Morgan fingerprint density at radius 1 is 1.00 bits per heavy atom. The number of fused-ring (bicyclic) bond motifs is 1. The quantitative estimate of drug-likeness (QED) is 0.714. The average molecular weight is 353 g/mol. The predicted octanol–water partition coefficient (Wildman–Crippen LogP) is 1.18. The van der Waals surface area contributed by atoms with Gasteiger partial charge in [-0.1, -0.05) is 18.2 Å². The summed E-state index contributed by atoms with van der Waals surface area (Å²) in [4.78, 5) is 36.4. The lowest BCUT2D eigenvalue weighted by Gasteiger charge is -2.12. The molecule has 0 unspecified atom stereocenters. The fraction of sp³-hybridized carbons (Fsp3) is 0.211. The zero-order valence-corrected chi connectivity index (χ0v) is 14.8. The number of nitrogens with zero attached hydrogens (tertiary/aromatic N) is 2. The number of methoxy groups -OCH3 is 1. The van der Waals surface area contributed by atoms with Crippen LogP contribution in [0.1, 0.15) is 15.9 Å². The second-order valence-corrected chi connectivity index (χ2v) is 5.93. The summed E-state index contributed by atoms with van der Waals surface area (Å²) in [5.41, 5.74) is 1.13. The van der Waals surface area contributed by atoms with Crippen LogP contribution in [0.4, 0.5) is 0 Å². The summed E-state index contributed by atoms with van der Waals surface area (Å²) in [6.45, 7) is 0.313. The molecule has 0 aliphatic rings. The Morgan fingerprint density at radius 2 is 1.65 bits per heavy atom. The van der Waals surface area contributed by atoms with Crippen molar-refractivity contribution >= 4 is 16.9 Å². The van der Waals surface area contributed by atoms with E-state index in [-0.39, 0.29) is 5.91 Å². The topological polar surface area (TPSA) is 82.3 Å². The van der Waals surface area contributed by atoms with Crippen LogP contribution in [0, 0.1) is 0 Å². The Bertz CT molecular complexity index is 1110. The van der Waals surface area contributed by atoms with E-state index in [2.05, 4.69) is 5.32 Å². The number of hydrogen-bond donors (Lipinski definition) is 1. The van der Waals surface area contributed by atoms with Gasteiger partial charge in [0.1, 0.15) is 5.75 Å². The van der Waals surface area contributed by atoms with Crippen LogP contribution in [-0.2, 0) is 20.6 Å². The van der Waals surface area contributed by atoms with Gasteiger partial charge >= 0.3 is 11.1 Å². The summed E-state index contributed by atoms with van der Waals surface area (Å²) in [5, 5.41) is 2.84. The summed E-state index contributed by atoms with van der Waals surface area (Å²) in [6, 6.07) is 12.3. The third-order valence-electron chi connectivity index (χ3n) is 4.38. The molecule has 134 valence electrons. The SMILES string of the molecule is COc1ccccc1CNC(=O)c1ccc2c(c1)n(C)c(=O)c(=O)n2C. The van der Waals surface area contributed by atoms with E-state index in [4.69, 9.17) is 4.74 Å². The maximum absolute atomic E-state index is 12.5. The largest absolute Gasteiger partial charge is 0.496 e. The van der Waals surface area contributed by atoms with Crippen LogP contribution < -0.4 is 21.2 Å². The minimum absolute atomic E-state index is 0.279. The molecule has 0 aliphatic heterocycles. The van der Waals surface area contributed by atoms with E-state index < -0.39 is 11.1 Å². The number of hydrogen-bond acceptors (Lipinski definition) is 4. The molecule has 0 atom stereocenters. The highest BCUT2D eigenvalue weighted by Gasteiger charge is 2.12. The van der Waals surface area contributed by atoms with Gasteiger partial charge in [0.2, 0.25) is 0 Å². The van der Waals surface area contributed by atoms with Gasteiger partial charge < -0.3 is 19.2 Å². The number of carbonyl (C=O) groups is 1. The first-order valence-corrected chi connectivity index (χ1v) is 8.04. The highest BCUT2D eigenvalue weighted by Crippen LogP contribution is 2.17. The lowest BCUT2D eigenvalue weighted by atomic mass is 10.1.